The highest BCUT2D eigenvalue weighted by Crippen LogP contribution is 2.35. The molecule has 1 N–H and O–H groups in total. The van der Waals surface area contributed by atoms with Crippen LogP contribution < -0.4 is 19.1 Å². The van der Waals surface area contributed by atoms with Crippen molar-refractivity contribution in [2.24, 2.45) is 0 Å². The summed E-state index contributed by atoms with van der Waals surface area (Å²) in [5.41, 5.74) is 3.21. The molecule has 0 saturated heterocycles. The largest absolute Gasteiger partial charge is 0.495 e. The molecule has 1 aliphatic heterocycles. The number of anilines is 2. The van der Waals surface area contributed by atoms with E-state index in [1.54, 1.807) is 30.3 Å². The number of ether oxygens (including phenoxy) is 2. The van der Waals surface area contributed by atoms with E-state index in [2.05, 4.69) is 4.72 Å². The number of fused-ring (bicyclic) bond motifs is 1. The van der Waals surface area contributed by atoms with E-state index in [1.807, 2.05) is 25.8 Å². The highest BCUT2D eigenvalue weighted by Gasteiger charge is 2.22. The number of nitrogens with one attached hydrogen (secondary N) is 1. The Kier molecular flexibility index (Phi) is 4.51. The van der Waals surface area contributed by atoms with Crippen LogP contribution in [-0.4, -0.2) is 35.7 Å². The van der Waals surface area contributed by atoms with Crippen molar-refractivity contribution >= 4 is 21.4 Å². The molecule has 1 heterocycles. The summed E-state index contributed by atoms with van der Waals surface area (Å²) in [4.78, 5) is 2.16. The predicted octanol–water partition coefficient (Wildman–Crippen LogP) is 2.94. The molecule has 6 nitrogen and oxygen atoms in total. The van der Waals surface area contributed by atoms with Gasteiger partial charge in [0.05, 0.1) is 25.0 Å². The average molecular weight is 362 g/mol. The number of aryl methyl sites for hydroxylation is 2. The van der Waals surface area contributed by atoms with E-state index < -0.39 is 10.0 Å². The Balaban J connectivity index is 1.98. The zero-order valence-electron chi connectivity index (χ0n) is 14.8. The van der Waals surface area contributed by atoms with Crippen LogP contribution in [0.2, 0.25) is 0 Å². The van der Waals surface area contributed by atoms with Crippen LogP contribution in [0.1, 0.15) is 11.1 Å². The van der Waals surface area contributed by atoms with Gasteiger partial charge in [0, 0.05) is 7.05 Å². The lowest BCUT2D eigenvalue weighted by molar-refractivity contribution is 0.311. The van der Waals surface area contributed by atoms with Gasteiger partial charge in [-0.3, -0.25) is 4.72 Å². The van der Waals surface area contributed by atoms with E-state index in [4.69, 9.17) is 9.47 Å². The van der Waals surface area contributed by atoms with Crippen LogP contribution in [0, 0.1) is 13.8 Å². The lowest BCUT2D eigenvalue weighted by Crippen LogP contribution is -2.28. The fourth-order valence-corrected chi connectivity index (χ4v) is 4.04. The summed E-state index contributed by atoms with van der Waals surface area (Å²) in [6.07, 6.45) is 0. The van der Waals surface area contributed by atoms with Gasteiger partial charge in [0.1, 0.15) is 23.0 Å². The molecule has 0 spiro atoms. The van der Waals surface area contributed by atoms with Crippen molar-refractivity contribution < 1.29 is 17.9 Å². The summed E-state index contributed by atoms with van der Waals surface area (Å²) in [6.45, 7) is 5.17. The van der Waals surface area contributed by atoms with Gasteiger partial charge in [-0.15, -0.1) is 0 Å². The minimum absolute atomic E-state index is 0.125. The van der Waals surface area contributed by atoms with E-state index in [-0.39, 0.29) is 4.90 Å². The third-order valence-electron chi connectivity index (χ3n) is 4.38. The molecule has 0 radical (unpaired) electrons. The van der Waals surface area contributed by atoms with Crippen molar-refractivity contribution in [2.45, 2.75) is 18.7 Å². The monoisotopic (exact) mass is 362 g/mol. The van der Waals surface area contributed by atoms with E-state index in [0.29, 0.717) is 18.0 Å². The van der Waals surface area contributed by atoms with Crippen LogP contribution in [0.15, 0.2) is 35.2 Å². The van der Waals surface area contributed by atoms with E-state index in [9.17, 15) is 8.42 Å². The molecule has 0 bridgehead atoms. The van der Waals surface area contributed by atoms with Crippen LogP contribution in [0.25, 0.3) is 0 Å². The van der Waals surface area contributed by atoms with Crippen LogP contribution in [0.4, 0.5) is 11.4 Å². The summed E-state index contributed by atoms with van der Waals surface area (Å²) < 4.78 is 39.2. The number of likely N-dealkylation sites (N-methyl/N-ethyl adjacent to an activating group) is 1. The van der Waals surface area contributed by atoms with Crippen molar-refractivity contribution in [3.8, 4) is 11.5 Å². The normalized spacial score (nSPS) is 13.8. The Hall–Kier alpha value is -2.41. The fourth-order valence-electron chi connectivity index (χ4n) is 2.76. The molecule has 134 valence electrons. The minimum atomic E-state index is -3.77. The first-order chi connectivity index (χ1) is 11.8. The first-order valence-electron chi connectivity index (χ1n) is 7.98. The predicted molar refractivity (Wildman–Crippen MR) is 98.5 cm³/mol. The van der Waals surface area contributed by atoms with Crippen molar-refractivity contribution in [1.82, 2.24) is 0 Å². The van der Waals surface area contributed by atoms with Gasteiger partial charge in [0.2, 0.25) is 0 Å². The van der Waals surface area contributed by atoms with Gasteiger partial charge in [-0.25, -0.2) is 8.42 Å². The van der Waals surface area contributed by atoms with Gasteiger partial charge in [0.15, 0.2) is 0 Å². The second-order valence-electron chi connectivity index (χ2n) is 6.15. The van der Waals surface area contributed by atoms with Crippen molar-refractivity contribution in [3.05, 3.63) is 41.5 Å². The summed E-state index contributed by atoms with van der Waals surface area (Å²) >= 11 is 0. The van der Waals surface area contributed by atoms with Gasteiger partial charge in [-0.2, -0.15) is 0 Å². The molecule has 0 aliphatic carbocycles. The molecule has 0 unspecified atom stereocenters. The quantitative estimate of drug-likeness (QED) is 0.906. The summed E-state index contributed by atoms with van der Waals surface area (Å²) in [5, 5.41) is 0. The number of methoxy groups -OCH3 is 1. The molecule has 0 saturated carbocycles. The number of hydrogen-bond acceptors (Lipinski definition) is 5. The maximum Gasteiger partial charge on any atom is 0.265 e. The lowest BCUT2D eigenvalue weighted by atomic mass is 10.1. The summed E-state index contributed by atoms with van der Waals surface area (Å²) in [5.74, 6) is 1.08. The van der Waals surface area contributed by atoms with Gasteiger partial charge in [-0.05, 0) is 55.3 Å². The van der Waals surface area contributed by atoms with Crippen LogP contribution in [0.3, 0.4) is 0 Å². The van der Waals surface area contributed by atoms with Crippen molar-refractivity contribution in [2.75, 3.05) is 36.9 Å². The van der Waals surface area contributed by atoms with E-state index in [1.165, 1.54) is 7.11 Å². The SMILES string of the molecule is COc1cc(C)c(C)cc1S(=O)(=O)Nc1ccc2c(c1)N(C)CCO2. The van der Waals surface area contributed by atoms with Gasteiger partial charge in [-0.1, -0.05) is 0 Å². The van der Waals surface area contributed by atoms with Crippen molar-refractivity contribution in [1.29, 1.82) is 0 Å². The molecule has 0 fully saturated rings. The number of hydrogen-bond donors (Lipinski definition) is 1. The highest BCUT2D eigenvalue weighted by molar-refractivity contribution is 7.92. The second-order valence-corrected chi connectivity index (χ2v) is 7.80. The zero-order valence-corrected chi connectivity index (χ0v) is 15.6. The molecular weight excluding hydrogens is 340 g/mol. The Morgan fingerprint density at radius 3 is 2.60 bits per heavy atom. The van der Waals surface area contributed by atoms with Crippen LogP contribution >= 0.6 is 0 Å². The first kappa shape index (κ1) is 17.4. The molecule has 2 aromatic carbocycles. The molecule has 0 atom stereocenters. The molecule has 2 aromatic rings. The first-order valence-corrected chi connectivity index (χ1v) is 9.46. The fraction of sp³-hybridized carbons (Fsp3) is 0.333. The number of nitrogens with zero attached hydrogens (tertiary/aromatic N) is 1. The third kappa shape index (κ3) is 3.37. The molecule has 0 amide bonds. The zero-order chi connectivity index (χ0) is 18.2. The van der Waals surface area contributed by atoms with Gasteiger partial charge >= 0.3 is 0 Å². The standard InChI is InChI=1S/C18H22N2O4S/c1-12-9-17(23-4)18(10-13(12)2)25(21,22)19-14-5-6-16-15(11-14)20(3)7-8-24-16/h5-6,9-11,19H,7-8H2,1-4H3. The summed E-state index contributed by atoms with van der Waals surface area (Å²) in [6, 6.07) is 8.62. The molecule has 1 aliphatic rings. The molecular formula is C18H22N2O4S. The Morgan fingerprint density at radius 2 is 1.88 bits per heavy atom. The lowest BCUT2D eigenvalue weighted by Gasteiger charge is -2.28. The molecule has 0 aromatic heterocycles. The maximum atomic E-state index is 12.9. The Labute approximate surface area is 148 Å². The highest BCUT2D eigenvalue weighted by atomic mass is 32.2. The average Bonchev–Trinajstić information content (AvgIpc) is 2.57. The third-order valence-corrected chi connectivity index (χ3v) is 5.78. The molecule has 3 rings (SSSR count). The molecule has 25 heavy (non-hydrogen) atoms. The Bertz CT molecular complexity index is 910. The smallest absolute Gasteiger partial charge is 0.265 e. The van der Waals surface area contributed by atoms with Crippen molar-refractivity contribution in [3.63, 3.8) is 0 Å². The number of rotatable bonds is 4. The summed E-state index contributed by atoms with van der Waals surface area (Å²) in [7, 11) is -0.357. The number of benzene rings is 2. The van der Waals surface area contributed by atoms with Crippen LogP contribution in [0.5, 0.6) is 11.5 Å². The van der Waals surface area contributed by atoms with Gasteiger partial charge in [0.25, 0.3) is 10.0 Å². The minimum Gasteiger partial charge on any atom is -0.495 e. The topological polar surface area (TPSA) is 67.9 Å². The number of sulfonamides is 1. The van der Waals surface area contributed by atoms with Gasteiger partial charge < -0.3 is 14.4 Å². The van der Waals surface area contributed by atoms with E-state index >= 15 is 0 Å². The molecule has 7 heteroatoms. The van der Waals surface area contributed by atoms with E-state index in [0.717, 1.165) is 29.1 Å². The second kappa shape index (κ2) is 6.48. The van der Waals surface area contributed by atoms with Crippen LogP contribution in [-0.2, 0) is 10.0 Å². The Morgan fingerprint density at radius 1 is 1.16 bits per heavy atom. The maximum absolute atomic E-state index is 12.9.